The Morgan fingerprint density at radius 1 is 0.923 bits per heavy atom. The van der Waals surface area contributed by atoms with Gasteiger partial charge in [0.1, 0.15) is 4.61 Å². The van der Waals surface area contributed by atoms with E-state index in [1.807, 2.05) is 0 Å². The maximum atomic E-state index is 12.0. The fraction of sp³-hybridized carbons (Fsp3) is 1.00. The molecule has 0 spiro atoms. The SMILES string of the molecule is FC(F)(F)C(F)(F)C(F)(F)OCI. The summed E-state index contributed by atoms with van der Waals surface area (Å²) >= 11 is 1.08. The van der Waals surface area contributed by atoms with Crippen molar-refractivity contribution in [2.45, 2.75) is 18.2 Å². The van der Waals surface area contributed by atoms with Crippen molar-refractivity contribution in [1.82, 2.24) is 0 Å². The van der Waals surface area contributed by atoms with Gasteiger partial charge in [0.05, 0.1) is 0 Å². The third kappa shape index (κ3) is 2.58. The molecular weight excluding hydrogens is 324 g/mol. The van der Waals surface area contributed by atoms with Gasteiger partial charge in [0.2, 0.25) is 0 Å². The van der Waals surface area contributed by atoms with Crippen molar-refractivity contribution in [3.63, 3.8) is 0 Å². The molecule has 0 amide bonds. The average molecular weight is 326 g/mol. The summed E-state index contributed by atoms with van der Waals surface area (Å²) in [6, 6.07) is 0. The third-order valence-electron chi connectivity index (χ3n) is 0.957. The van der Waals surface area contributed by atoms with Crippen molar-refractivity contribution >= 4 is 22.6 Å². The second-order valence-electron chi connectivity index (χ2n) is 1.84. The molecule has 0 aliphatic carbocycles. The van der Waals surface area contributed by atoms with E-state index < -0.39 is 22.8 Å². The normalized spacial score (nSPS) is 14.8. The topological polar surface area (TPSA) is 9.23 Å². The quantitative estimate of drug-likeness (QED) is 0.440. The van der Waals surface area contributed by atoms with Gasteiger partial charge in [-0.1, -0.05) is 22.6 Å². The van der Waals surface area contributed by atoms with Gasteiger partial charge in [-0.25, -0.2) is 0 Å². The summed E-state index contributed by atoms with van der Waals surface area (Å²) in [5.74, 6) is -6.18. The zero-order valence-electron chi connectivity index (χ0n) is 5.64. The molecular formula is C4H2F7IO. The summed E-state index contributed by atoms with van der Waals surface area (Å²) in [6.07, 6.45) is -11.9. The second kappa shape index (κ2) is 3.75. The van der Waals surface area contributed by atoms with Gasteiger partial charge in [-0.2, -0.15) is 30.7 Å². The minimum absolute atomic E-state index is 0.976. The Morgan fingerprint density at radius 3 is 1.54 bits per heavy atom. The maximum Gasteiger partial charge on any atom is 0.462 e. The minimum atomic E-state index is -6.33. The minimum Gasteiger partial charge on any atom is -0.305 e. The van der Waals surface area contributed by atoms with E-state index in [-0.39, 0.29) is 0 Å². The van der Waals surface area contributed by atoms with Crippen LogP contribution in [0, 0.1) is 0 Å². The van der Waals surface area contributed by atoms with E-state index in [0.29, 0.717) is 0 Å². The molecule has 13 heavy (non-hydrogen) atoms. The molecule has 0 heterocycles. The van der Waals surface area contributed by atoms with Crippen molar-refractivity contribution in [3.8, 4) is 0 Å². The largest absolute Gasteiger partial charge is 0.462 e. The first-order chi connectivity index (χ1) is 5.56. The molecule has 0 unspecified atom stereocenters. The van der Waals surface area contributed by atoms with Gasteiger partial charge in [-0.3, -0.25) is 0 Å². The van der Waals surface area contributed by atoms with Gasteiger partial charge in [0, 0.05) is 0 Å². The summed E-state index contributed by atoms with van der Waals surface area (Å²) in [5, 5.41) is 0. The zero-order valence-corrected chi connectivity index (χ0v) is 7.80. The number of hydrogen-bond acceptors (Lipinski definition) is 1. The third-order valence-corrected chi connectivity index (χ3v) is 1.27. The average Bonchev–Trinajstić information content (AvgIpc) is 1.84. The molecule has 0 saturated carbocycles. The Kier molecular flexibility index (Phi) is 3.81. The molecule has 0 atom stereocenters. The standard InChI is InChI=1S/C4H2F7IO/c5-2(6,3(7,8)9)4(10,11)13-1-12/h1H2. The van der Waals surface area contributed by atoms with Crippen molar-refractivity contribution in [2.24, 2.45) is 0 Å². The number of rotatable bonds is 3. The molecule has 0 bridgehead atoms. The molecule has 1 nitrogen and oxygen atoms in total. The van der Waals surface area contributed by atoms with Gasteiger partial charge in [-0.05, 0) is 0 Å². The first kappa shape index (κ1) is 13.2. The summed E-state index contributed by atoms with van der Waals surface area (Å²) < 4.78 is 83.8. The smallest absolute Gasteiger partial charge is 0.305 e. The summed E-state index contributed by atoms with van der Waals surface area (Å²) in [6.45, 7) is 0. The number of alkyl halides is 8. The molecule has 0 fully saturated rings. The maximum absolute atomic E-state index is 12.0. The van der Waals surface area contributed by atoms with Crippen LogP contribution in [0.3, 0.4) is 0 Å². The van der Waals surface area contributed by atoms with Crippen LogP contribution in [-0.4, -0.2) is 22.8 Å². The summed E-state index contributed by atoms with van der Waals surface area (Å²) in [5.41, 5.74) is 0. The predicted octanol–water partition coefficient (Wildman–Crippen LogP) is 3.19. The van der Waals surface area contributed by atoms with Crippen LogP contribution in [0.25, 0.3) is 0 Å². The summed E-state index contributed by atoms with van der Waals surface area (Å²) in [4.78, 5) is 0. The van der Waals surface area contributed by atoms with Crippen molar-refractivity contribution in [3.05, 3.63) is 0 Å². The lowest BCUT2D eigenvalue weighted by Gasteiger charge is -2.26. The highest BCUT2D eigenvalue weighted by Crippen LogP contribution is 2.46. The zero-order chi connectivity index (χ0) is 10.9. The highest BCUT2D eigenvalue weighted by Gasteiger charge is 2.74. The molecule has 9 heteroatoms. The van der Waals surface area contributed by atoms with Gasteiger partial charge in [-0.15, -0.1) is 0 Å². The fourth-order valence-electron chi connectivity index (χ4n) is 0.324. The van der Waals surface area contributed by atoms with Crippen molar-refractivity contribution in [1.29, 1.82) is 0 Å². The van der Waals surface area contributed by atoms with E-state index in [1.165, 1.54) is 0 Å². The van der Waals surface area contributed by atoms with Gasteiger partial charge >= 0.3 is 18.2 Å². The Bertz CT molecular complexity index is 176. The highest BCUT2D eigenvalue weighted by molar-refractivity contribution is 14.1. The van der Waals surface area contributed by atoms with Crippen LogP contribution in [0.4, 0.5) is 30.7 Å². The Hall–Kier alpha value is 0.200. The van der Waals surface area contributed by atoms with Crippen LogP contribution >= 0.6 is 22.6 Å². The second-order valence-corrected chi connectivity index (χ2v) is 2.47. The van der Waals surface area contributed by atoms with E-state index in [9.17, 15) is 30.7 Å². The number of hydrogen-bond donors (Lipinski definition) is 0. The lowest BCUT2D eigenvalue weighted by molar-refractivity contribution is -0.419. The first-order valence-electron chi connectivity index (χ1n) is 2.58. The lowest BCUT2D eigenvalue weighted by atomic mass is 10.3. The fourth-order valence-corrected chi connectivity index (χ4v) is 0.715. The molecule has 0 radical (unpaired) electrons. The lowest BCUT2D eigenvalue weighted by Crippen LogP contribution is -2.53. The molecule has 0 aliphatic heterocycles. The van der Waals surface area contributed by atoms with E-state index in [0.717, 1.165) is 22.6 Å². The van der Waals surface area contributed by atoms with Crippen LogP contribution in [0.1, 0.15) is 0 Å². The highest BCUT2D eigenvalue weighted by atomic mass is 127. The Labute approximate surface area is 81.4 Å². The van der Waals surface area contributed by atoms with E-state index >= 15 is 0 Å². The Morgan fingerprint density at radius 2 is 1.31 bits per heavy atom. The predicted molar refractivity (Wildman–Crippen MR) is 35.9 cm³/mol. The van der Waals surface area contributed by atoms with Gasteiger partial charge in [0.25, 0.3) is 0 Å². The molecule has 0 aromatic heterocycles. The van der Waals surface area contributed by atoms with Crippen molar-refractivity contribution < 1.29 is 35.5 Å². The molecule has 80 valence electrons. The van der Waals surface area contributed by atoms with Crippen LogP contribution in [-0.2, 0) is 4.74 Å². The van der Waals surface area contributed by atoms with Crippen molar-refractivity contribution in [2.75, 3.05) is 4.61 Å². The van der Waals surface area contributed by atoms with E-state index in [1.54, 1.807) is 0 Å². The van der Waals surface area contributed by atoms with Crippen LogP contribution in [0.5, 0.6) is 0 Å². The van der Waals surface area contributed by atoms with Gasteiger partial charge in [0.15, 0.2) is 0 Å². The monoisotopic (exact) mass is 326 g/mol. The Balaban J connectivity index is 4.81. The van der Waals surface area contributed by atoms with Gasteiger partial charge < -0.3 is 4.74 Å². The number of ether oxygens (including phenoxy) is 1. The molecule has 0 aliphatic rings. The van der Waals surface area contributed by atoms with Crippen LogP contribution in [0.2, 0.25) is 0 Å². The number of halogens is 8. The molecule has 0 aromatic rings. The molecule has 0 N–H and O–H groups in total. The van der Waals surface area contributed by atoms with Crippen LogP contribution in [0.15, 0.2) is 0 Å². The summed E-state index contributed by atoms with van der Waals surface area (Å²) in [7, 11) is 0. The van der Waals surface area contributed by atoms with E-state index in [2.05, 4.69) is 4.74 Å². The van der Waals surface area contributed by atoms with Crippen LogP contribution < -0.4 is 0 Å². The first-order valence-corrected chi connectivity index (χ1v) is 4.11. The van der Waals surface area contributed by atoms with E-state index in [4.69, 9.17) is 0 Å². The molecule has 0 rings (SSSR count). The molecule has 0 aromatic carbocycles. The molecule has 0 saturated heterocycles.